The van der Waals surface area contributed by atoms with Crippen LogP contribution >= 0.6 is 0 Å². The molecule has 0 bridgehead atoms. The zero-order chi connectivity index (χ0) is 16.8. The molecule has 0 unspecified atom stereocenters. The van der Waals surface area contributed by atoms with E-state index >= 15 is 0 Å². The molecular formula is C18H13F3O2. The van der Waals surface area contributed by atoms with E-state index in [9.17, 15) is 23.1 Å². The van der Waals surface area contributed by atoms with E-state index in [-0.39, 0.29) is 17.1 Å². The van der Waals surface area contributed by atoms with E-state index < -0.39 is 11.7 Å². The number of benzene rings is 2. The minimum Gasteiger partial charge on any atom is -0.507 e. The second kappa shape index (κ2) is 5.26. The quantitative estimate of drug-likeness (QED) is 0.838. The molecule has 2 aromatic rings. The number of halogens is 3. The van der Waals surface area contributed by atoms with Gasteiger partial charge in [-0.25, -0.2) is 0 Å². The number of rotatable bonds is 1. The summed E-state index contributed by atoms with van der Waals surface area (Å²) in [5, 5.41) is 9.92. The van der Waals surface area contributed by atoms with Gasteiger partial charge < -0.3 is 5.11 Å². The van der Waals surface area contributed by atoms with Crippen molar-refractivity contribution in [3.05, 3.63) is 70.3 Å². The number of carbonyl (C=O) groups is 1. The van der Waals surface area contributed by atoms with Crippen molar-refractivity contribution in [1.82, 2.24) is 0 Å². The van der Waals surface area contributed by atoms with Crippen molar-refractivity contribution in [2.75, 3.05) is 0 Å². The van der Waals surface area contributed by atoms with Crippen molar-refractivity contribution < 1.29 is 23.1 Å². The first-order valence-electron chi connectivity index (χ1n) is 7.01. The van der Waals surface area contributed by atoms with E-state index in [0.29, 0.717) is 23.1 Å². The van der Waals surface area contributed by atoms with Crippen LogP contribution in [0.15, 0.2) is 42.5 Å². The molecule has 0 saturated heterocycles. The summed E-state index contributed by atoms with van der Waals surface area (Å²) in [5.74, 6) is -0.397. The Kier molecular flexibility index (Phi) is 3.51. The summed E-state index contributed by atoms with van der Waals surface area (Å²) in [6.45, 7) is 1.81. The Morgan fingerprint density at radius 2 is 1.74 bits per heavy atom. The molecule has 1 aliphatic rings. The van der Waals surface area contributed by atoms with Crippen LogP contribution in [0.4, 0.5) is 13.2 Å². The topological polar surface area (TPSA) is 37.3 Å². The predicted octanol–water partition coefficient (Wildman–Crippen LogP) is 4.54. The van der Waals surface area contributed by atoms with Crippen LogP contribution in [-0.2, 0) is 12.6 Å². The first kappa shape index (κ1) is 15.3. The molecule has 0 aliphatic heterocycles. The zero-order valence-electron chi connectivity index (χ0n) is 12.2. The minimum atomic E-state index is -4.38. The Balaban J connectivity index is 1.98. The fourth-order valence-electron chi connectivity index (χ4n) is 2.81. The fourth-order valence-corrected chi connectivity index (χ4v) is 2.81. The molecule has 0 spiro atoms. The Morgan fingerprint density at radius 1 is 1.09 bits per heavy atom. The number of carbonyl (C=O) groups excluding carboxylic acids is 1. The molecule has 5 heteroatoms. The van der Waals surface area contributed by atoms with Crippen LogP contribution in [0.5, 0.6) is 5.75 Å². The average Bonchev–Trinajstić information content (AvgIpc) is 2.45. The van der Waals surface area contributed by atoms with Gasteiger partial charge >= 0.3 is 6.18 Å². The maximum Gasteiger partial charge on any atom is 0.416 e. The molecule has 0 aromatic heterocycles. The van der Waals surface area contributed by atoms with Gasteiger partial charge in [0.1, 0.15) is 5.75 Å². The Hall–Kier alpha value is -2.56. The van der Waals surface area contributed by atoms with Crippen molar-refractivity contribution in [3.8, 4) is 5.75 Å². The van der Waals surface area contributed by atoms with Gasteiger partial charge in [0.25, 0.3) is 0 Å². The standard InChI is InChI=1S/C18H13F3O2/c1-10-6-13-8-12(9-16(23)17(13)15(22)7-10)11-2-4-14(5-3-11)18(19,20)21/h2-7,9,22H,8H2,1H3. The number of fused-ring (bicyclic) bond motifs is 1. The number of alkyl halides is 3. The highest BCUT2D eigenvalue weighted by Gasteiger charge is 2.30. The van der Waals surface area contributed by atoms with Crippen molar-refractivity contribution >= 4 is 11.4 Å². The maximum atomic E-state index is 12.6. The van der Waals surface area contributed by atoms with Crippen molar-refractivity contribution in [2.45, 2.75) is 19.5 Å². The molecule has 0 fully saturated rings. The predicted molar refractivity (Wildman–Crippen MR) is 80.3 cm³/mol. The number of hydrogen-bond acceptors (Lipinski definition) is 2. The minimum absolute atomic E-state index is 0.0623. The summed E-state index contributed by atoms with van der Waals surface area (Å²) in [4.78, 5) is 12.2. The first-order chi connectivity index (χ1) is 10.8. The van der Waals surface area contributed by atoms with Gasteiger partial charge in [0.05, 0.1) is 11.1 Å². The third-order valence-electron chi connectivity index (χ3n) is 3.86. The van der Waals surface area contributed by atoms with Gasteiger partial charge in [0.15, 0.2) is 5.78 Å². The van der Waals surface area contributed by atoms with E-state index in [1.54, 1.807) is 6.92 Å². The van der Waals surface area contributed by atoms with E-state index in [1.165, 1.54) is 24.3 Å². The van der Waals surface area contributed by atoms with E-state index in [1.807, 2.05) is 6.07 Å². The van der Waals surface area contributed by atoms with Gasteiger partial charge in [-0.1, -0.05) is 18.2 Å². The monoisotopic (exact) mass is 318 g/mol. The normalized spacial score (nSPS) is 14.4. The molecule has 3 rings (SSSR count). The number of hydrogen-bond donors (Lipinski definition) is 1. The maximum absolute atomic E-state index is 12.6. The molecule has 0 saturated carbocycles. The van der Waals surface area contributed by atoms with Crippen LogP contribution in [0.1, 0.15) is 32.6 Å². The van der Waals surface area contributed by atoms with Crippen molar-refractivity contribution in [3.63, 3.8) is 0 Å². The summed E-state index contributed by atoms with van der Waals surface area (Å²) < 4.78 is 37.8. The lowest BCUT2D eigenvalue weighted by Gasteiger charge is -2.18. The zero-order valence-corrected chi connectivity index (χ0v) is 12.2. The van der Waals surface area contributed by atoms with Gasteiger partial charge in [-0.15, -0.1) is 0 Å². The third-order valence-corrected chi connectivity index (χ3v) is 3.86. The highest BCUT2D eigenvalue weighted by atomic mass is 19.4. The van der Waals surface area contributed by atoms with Crippen LogP contribution in [-0.4, -0.2) is 10.9 Å². The van der Waals surface area contributed by atoms with Gasteiger partial charge in [-0.3, -0.25) is 4.79 Å². The van der Waals surface area contributed by atoms with Crippen LogP contribution in [0.3, 0.4) is 0 Å². The number of ketones is 1. The summed E-state index contributed by atoms with van der Waals surface area (Å²) in [6, 6.07) is 8.07. The summed E-state index contributed by atoms with van der Waals surface area (Å²) in [5.41, 5.74) is 2.26. The SMILES string of the molecule is Cc1cc(O)c2c(c1)CC(c1ccc(C(F)(F)F)cc1)=CC2=O. The van der Waals surface area contributed by atoms with Crippen LogP contribution in [0, 0.1) is 6.92 Å². The molecule has 1 N–H and O–H groups in total. The molecule has 118 valence electrons. The number of aromatic hydroxyl groups is 1. The first-order valence-corrected chi connectivity index (χ1v) is 7.01. The van der Waals surface area contributed by atoms with Crippen LogP contribution in [0.25, 0.3) is 5.57 Å². The largest absolute Gasteiger partial charge is 0.507 e. The molecule has 0 heterocycles. The van der Waals surface area contributed by atoms with Crippen molar-refractivity contribution in [2.24, 2.45) is 0 Å². The lowest BCUT2D eigenvalue weighted by atomic mass is 9.86. The van der Waals surface area contributed by atoms with E-state index in [0.717, 1.165) is 17.7 Å². The summed E-state index contributed by atoms with van der Waals surface area (Å²) in [6.07, 6.45) is -2.62. The Bertz CT molecular complexity index is 815. The number of phenolic OH excluding ortho intramolecular Hbond substituents is 1. The van der Waals surface area contributed by atoms with Gasteiger partial charge in [0.2, 0.25) is 0 Å². The molecule has 2 nitrogen and oxygen atoms in total. The van der Waals surface area contributed by atoms with E-state index in [2.05, 4.69) is 0 Å². The molecule has 0 atom stereocenters. The van der Waals surface area contributed by atoms with Gasteiger partial charge in [0, 0.05) is 0 Å². The molecular weight excluding hydrogens is 305 g/mol. The highest BCUT2D eigenvalue weighted by molar-refractivity contribution is 6.13. The third kappa shape index (κ3) is 2.86. The Labute approximate surface area is 130 Å². The smallest absolute Gasteiger partial charge is 0.416 e. The molecule has 0 radical (unpaired) electrons. The Morgan fingerprint density at radius 3 is 2.35 bits per heavy atom. The molecule has 2 aromatic carbocycles. The fraction of sp³-hybridized carbons (Fsp3) is 0.167. The van der Waals surface area contributed by atoms with E-state index in [4.69, 9.17) is 0 Å². The molecule has 0 amide bonds. The van der Waals surface area contributed by atoms with Crippen LogP contribution < -0.4 is 0 Å². The summed E-state index contributed by atoms with van der Waals surface area (Å²) in [7, 11) is 0. The number of allylic oxidation sites excluding steroid dienone is 2. The number of aryl methyl sites for hydroxylation is 1. The number of phenols is 1. The molecule has 1 aliphatic carbocycles. The lowest BCUT2D eigenvalue weighted by molar-refractivity contribution is -0.137. The lowest BCUT2D eigenvalue weighted by Crippen LogP contribution is -2.10. The summed E-state index contributed by atoms with van der Waals surface area (Å²) >= 11 is 0. The highest BCUT2D eigenvalue weighted by Crippen LogP contribution is 2.35. The second-order valence-corrected chi connectivity index (χ2v) is 5.60. The second-order valence-electron chi connectivity index (χ2n) is 5.60. The van der Waals surface area contributed by atoms with Gasteiger partial charge in [-0.2, -0.15) is 13.2 Å². The molecule has 23 heavy (non-hydrogen) atoms. The van der Waals surface area contributed by atoms with Crippen LogP contribution in [0.2, 0.25) is 0 Å². The average molecular weight is 318 g/mol. The van der Waals surface area contributed by atoms with Crippen molar-refractivity contribution in [1.29, 1.82) is 0 Å². The van der Waals surface area contributed by atoms with Gasteiger partial charge in [-0.05, 0) is 59.9 Å².